The van der Waals surface area contributed by atoms with Crippen LogP contribution in [0, 0.1) is 5.92 Å². The number of carbonyl (C=O) groups excluding carboxylic acids is 2. The Morgan fingerprint density at radius 3 is 2.79 bits per heavy atom. The molecule has 24 heavy (non-hydrogen) atoms. The van der Waals surface area contributed by atoms with Gasteiger partial charge in [-0.15, -0.1) is 0 Å². The van der Waals surface area contributed by atoms with Gasteiger partial charge in [-0.05, 0) is 31.9 Å². The second-order valence-corrected chi connectivity index (χ2v) is 6.16. The Hall–Kier alpha value is -2.08. The summed E-state index contributed by atoms with van der Waals surface area (Å²) in [7, 11) is 0. The number of nitrogens with one attached hydrogen (secondary N) is 1. The van der Waals surface area contributed by atoms with Crippen LogP contribution in [-0.2, 0) is 9.59 Å². The summed E-state index contributed by atoms with van der Waals surface area (Å²) in [4.78, 5) is 26.1. The van der Waals surface area contributed by atoms with Gasteiger partial charge in [-0.3, -0.25) is 9.59 Å². The third-order valence-corrected chi connectivity index (χ3v) is 4.32. The molecule has 1 aliphatic heterocycles. The first-order valence-corrected chi connectivity index (χ1v) is 8.51. The van der Waals surface area contributed by atoms with Crippen LogP contribution in [0.5, 0.6) is 5.75 Å². The third-order valence-electron chi connectivity index (χ3n) is 4.32. The minimum atomic E-state index is -0.394. The Morgan fingerprint density at radius 1 is 1.42 bits per heavy atom. The van der Waals surface area contributed by atoms with Gasteiger partial charge >= 0.3 is 0 Å². The number of nitrogens with zero attached hydrogens (tertiary/aromatic N) is 1. The normalized spacial score (nSPS) is 18.3. The van der Waals surface area contributed by atoms with Crippen molar-refractivity contribution in [2.45, 2.75) is 32.7 Å². The number of nitrogens with two attached hydrogens (primary N) is 1. The molecular weight excluding hydrogens is 306 g/mol. The number of rotatable bonds is 7. The van der Waals surface area contributed by atoms with Gasteiger partial charge in [0.1, 0.15) is 5.75 Å². The van der Waals surface area contributed by atoms with E-state index in [-0.39, 0.29) is 18.2 Å². The van der Waals surface area contributed by atoms with Crippen molar-refractivity contribution in [1.82, 2.24) is 10.2 Å². The zero-order chi connectivity index (χ0) is 17.5. The fourth-order valence-corrected chi connectivity index (χ4v) is 3.09. The maximum Gasteiger partial charge on any atom is 0.225 e. The predicted octanol–water partition coefficient (Wildman–Crippen LogP) is 1.46. The number of ether oxygens (including phenoxy) is 1. The van der Waals surface area contributed by atoms with Crippen molar-refractivity contribution in [3.8, 4) is 5.75 Å². The summed E-state index contributed by atoms with van der Waals surface area (Å²) >= 11 is 0. The zero-order valence-electron chi connectivity index (χ0n) is 14.5. The molecule has 6 heteroatoms. The lowest BCUT2D eigenvalue weighted by Crippen LogP contribution is -2.35. The highest BCUT2D eigenvalue weighted by atomic mass is 16.5. The lowest BCUT2D eigenvalue weighted by Gasteiger charge is -2.24. The summed E-state index contributed by atoms with van der Waals surface area (Å²) in [6.07, 6.45) is 1.17. The average molecular weight is 333 g/mol. The van der Waals surface area contributed by atoms with E-state index in [1.807, 2.05) is 36.1 Å². The van der Waals surface area contributed by atoms with Gasteiger partial charge in [-0.2, -0.15) is 0 Å². The van der Waals surface area contributed by atoms with Crippen LogP contribution >= 0.6 is 0 Å². The van der Waals surface area contributed by atoms with Crippen LogP contribution in [0.3, 0.4) is 0 Å². The lowest BCUT2D eigenvalue weighted by molar-refractivity contribution is -0.131. The molecule has 1 aliphatic rings. The molecular formula is C18H27N3O3. The fraction of sp³-hybridized carbons (Fsp3) is 0.556. The number of carbonyl (C=O) groups is 2. The first-order chi connectivity index (χ1) is 11.5. The molecule has 1 fully saturated rings. The SMILES string of the molecule is CCOc1ccccc1[C@H](CC(=O)N1CC[C@H](CN)C1)NC(C)=O. The Bertz CT molecular complexity index is 576. The van der Waals surface area contributed by atoms with Gasteiger partial charge in [-0.1, -0.05) is 18.2 Å². The van der Waals surface area contributed by atoms with Gasteiger partial charge in [-0.25, -0.2) is 0 Å². The van der Waals surface area contributed by atoms with E-state index in [2.05, 4.69) is 5.32 Å². The number of amides is 2. The van der Waals surface area contributed by atoms with Crippen LogP contribution in [0.15, 0.2) is 24.3 Å². The first kappa shape index (κ1) is 18.3. The second-order valence-electron chi connectivity index (χ2n) is 6.16. The van der Waals surface area contributed by atoms with E-state index in [1.165, 1.54) is 6.92 Å². The summed E-state index contributed by atoms with van der Waals surface area (Å²) < 4.78 is 5.65. The molecule has 0 bridgehead atoms. The van der Waals surface area contributed by atoms with Gasteiger partial charge in [0.25, 0.3) is 0 Å². The van der Waals surface area contributed by atoms with Gasteiger partial charge in [0.2, 0.25) is 11.8 Å². The molecule has 1 aromatic rings. The molecule has 3 N–H and O–H groups in total. The number of hydrogen-bond donors (Lipinski definition) is 2. The van der Waals surface area contributed by atoms with Gasteiger partial charge in [0.15, 0.2) is 0 Å². The summed E-state index contributed by atoms with van der Waals surface area (Å²) in [6, 6.07) is 7.13. The molecule has 0 aromatic heterocycles. The van der Waals surface area contributed by atoms with Gasteiger partial charge < -0.3 is 20.7 Å². The molecule has 2 amide bonds. The van der Waals surface area contributed by atoms with Crippen molar-refractivity contribution in [3.63, 3.8) is 0 Å². The third kappa shape index (κ3) is 4.71. The van der Waals surface area contributed by atoms with Crippen LogP contribution in [0.1, 0.15) is 38.3 Å². The maximum atomic E-state index is 12.6. The Kier molecular flexibility index (Phi) is 6.61. The van der Waals surface area contributed by atoms with Crippen molar-refractivity contribution in [2.75, 3.05) is 26.2 Å². The van der Waals surface area contributed by atoms with E-state index in [0.717, 1.165) is 18.5 Å². The highest BCUT2D eigenvalue weighted by Crippen LogP contribution is 2.28. The van der Waals surface area contributed by atoms with E-state index in [4.69, 9.17) is 10.5 Å². The molecule has 0 radical (unpaired) electrons. The summed E-state index contributed by atoms with van der Waals surface area (Å²) in [6.45, 7) is 5.94. The van der Waals surface area contributed by atoms with Crippen molar-refractivity contribution in [1.29, 1.82) is 0 Å². The van der Waals surface area contributed by atoms with E-state index < -0.39 is 6.04 Å². The van der Waals surface area contributed by atoms with Crippen LogP contribution in [0.2, 0.25) is 0 Å². The van der Waals surface area contributed by atoms with Gasteiger partial charge in [0.05, 0.1) is 19.1 Å². The standard InChI is InChI=1S/C18H27N3O3/c1-3-24-17-7-5-4-6-15(17)16(20-13(2)22)10-18(23)21-9-8-14(11-19)12-21/h4-7,14,16H,3,8-12,19H2,1-2H3,(H,20,22)/t14-,16+/m1/s1. The Morgan fingerprint density at radius 2 is 2.17 bits per heavy atom. The van der Waals surface area contributed by atoms with E-state index >= 15 is 0 Å². The number of benzene rings is 1. The topological polar surface area (TPSA) is 84.7 Å². The van der Waals surface area contributed by atoms with E-state index in [0.29, 0.717) is 31.4 Å². The number of hydrogen-bond acceptors (Lipinski definition) is 4. The molecule has 6 nitrogen and oxygen atoms in total. The van der Waals surface area contributed by atoms with Crippen molar-refractivity contribution < 1.29 is 14.3 Å². The highest BCUT2D eigenvalue weighted by Gasteiger charge is 2.28. The van der Waals surface area contributed by atoms with E-state index in [9.17, 15) is 9.59 Å². The molecule has 0 spiro atoms. The van der Waals surface area contributed by atoms with Crippen molar-refractivity contribution >= 4 is 11.8 Å². The number of para-hydroxylation sites is 1. The van der Waals surface area contributed by atoms with E-state index in [1.54, 1.807) is 0 Å². The Balaban J connectivity index is 2.14. The second kappa shape index (κ2) is 8.68. The molecule has 1 aromatic carbocycles. The molecule has 1 heterocycles. The Labute approximate surface area is 143 Å². The predicted molar refractivity (Wildman–Crippen MR) is 92.5 cm³/mol. The summed E-state index contributed by atoms with van der Waals surface area (Å²) in [5, 5.41) is 2.88. The first-order valence-electron chi connectivity index (χ1n) is 8.51. The molecule has 2 atom stereocenters. The van der Waals surface area contributed by atoms with Gasteiger partial charge in [0, 0.05) is 25.6 Å². The maximum absolute atomic E-state index is 12.6. The van der Waals surface area contributed by atoms with Crippen molar-refractivity contribution in [3.05, 3.63) is 29.8 Å². The largest absolute Gasteiger partial charge is 0.494 e. The minimum absolute atomic E-state index is 0.0380. The molecule has 2 rings (SSSR count). The fourth-order valence-electron chi connectivity index (χ4n) is 3.09. The average Bonchev–Trinajstić information content (AvgIpc) is 3.04. The quantitative estimate of drug-likeness (QED) is 0.791. The molecule has 0 aliphatic carbocycles. The lowest BCUT2D eigenvalue weighted by atomic mass is 10.0. The summed E-state index contributed by atoms with van der Waals surface area (Å²) in [5.74, 6) is 0.952. The number of likely N-dealkylation sites (tertiary alicyclic amines) is 1. The van der Waals surface area contributed by atoms with Crippen LogP contribution in [0.25, 0.3) is 0 Å². The zero-order valence-corrected chi connectivity index (χ0v) is 14.5. The molecule has 1 saturated heterocycles. The molecule has 0 unspecified atom stereocenters. The van der Waals surface area contributed by atoms with Crippen LogP contribution < -0.4 is 15.8 Å². The minimum Gasteiger partial charge on any atom is -0.494 e. The molecule has 132 valence electrons. The monoisotopic (exact) mass is 333 g/mol. The van der Waals surface area contributed by atoms with Crippen LogP contribution in [0.4, 0.5) is 0 Å². The summed E-state index contributed by atoms with van der Waals surface area (Å²) in [5.41, 5.74) is 6.53. The highest BCUT2D eigenvalue weighted by molar-refractivity contribution is 5.79. The van der Waals surface area contributed by atoms with Crippen LogP contribution in [-0.4, -0.2) is 43.0 Å². The molecule has 0 saturated carbocycles. The smallest absolute Gasteiger partial charge is 0.225 e. The van der Waals surface area contributed by atoms with Crippen molar-refractivity contribution in [2.24, 2.45) is 11.7 Å².